The number of hydrogen-bond acceptors (Lipinski definition) is 1. The first-order valence-electron chi connectivity index (χ1n) is 6.20. The number of unbranched alkanes of at least 4 members (excludes halogenated alkanes) is 2. The summed E-state index contributed by atoms with van der Waals surface area (Å²) in [4.78, 5) is 0. The molecule has 1 aromatic rings. The van der Waals surface area contributed by atoms with E-state index in [1.54, 1.807) is 0 Å². The van der Waals surface area contributed by atoms with Gasteiger partial charge in [-0.05, 0) is 43.0 Å². The lowest BCUT2D eigenvalue weighted by Gasteiger charge is -2.14. The van der Waals surface area contributed by atoms with E-state index >= 15 is 0 Å². The highest BCUT2D eigenvalue weighted by Crippen LogP contribution is 2.17. The highest BCUT2D eigenvalue weighted by molar-refractivity contribution is 6.30. The Morgan fingerprint density at radius 3 is 2.44 bits per heavy atom. The van der Waals surface area contributed by atoms with Crippen LogP contribution in [0.15, 0.2) is 24.3 Å². The van der Waals surface area contributed by atoms with Crippen LogP contribution in [0.3, 0.4) is 0 Å². The molecule has 1 aromatic carbocycles. The molecule has 0 fully saturated rings. The Balaban J connectivity index is 2.40. The topological polar surface area (TPSA) is 26.0 Å². The number of halogens is 1. The molecule has 1 unspecified atom stereocenters. The summed E-state index contributed by atoms with van der Waals surface area (Å²) in [7, 11) is 0. The predicted octanol–water partition coefficient (Wildman–Crippen LogP) is 4.04. The van der Waals surface area contributed by atoms with E-state index in [9.17, 15) is 0 Å². The van der Waals surface area contributed by atoms with Gasteiger partial charge in [0, 0.05) is 5.02 Å². The summed E-state index contributed by atoms with van der Waals surface area (Å²) >= 11 is 5.86. The fourth-order valence-corrected chi connectivity index (χ4v) is 2.07. The standard InChI is InChI=1S/C14H22ClN/c1-2-3-4-5-13(11-16)10-12-6-8-14(15)9-7-12/h6-9,13H,2-5,10-11,16H2,1H3. The molecule has 0 aliphatic carbocycles. The molecule has 0 saturated heterocycles. The van der Waals surface area contributed by atoms with Crippen molar-refractivity contribution in [1.29, 1.82) is 0 Å². The molecule has 0 aliphatic rings. The van der Waals surface area contributed by atoms with Crippen molar-refractivity contribution in [1.82, 2.24) is 0 Å². The van der Waals surface area contributed by atoms with Crippen LogP contribution in [-0.2, 0) is 6.42 Å². The van der Waals surface area contributed by atoms with Gasteiger partial charge in [0.15, 0.2) is 0 Å². The molecule has 0 aromatic heterocycles. The van der Waals surface area contributed by atoms with Gasteiger partial charge in [-0.1, -0.05) is 49.9 Å². The van der Waals surface area contributed by atoms with Crippen LogP contribution in [0, 0.1) is 5.92 Å². The molecule has 0 amide bonds. The van der Waals surface area contributed by atoms with Crippen LogP contribution in [0.25, 0.3) is 0 Å². The molecule has 2 heteroatoms. The molecule has 2 N–H and O–H groups in total. The van der Waals surface area contributed by atoms with Gasteiger partial charge in [-0.2, -0.15) is 0 Å². The normalized spacial score (nSPS) is 12.7. The van der Waals surface area contributed by atoms with Gasteiger partial charge in [-0.3, -0.25) is 0 Å². The average Bonchev–Trinajstić information content (AvgIpc) is 2.31. The zero-order chi connectivity index (χ0) is 11.8. The molecule has 90 valence electrons. The Morgan fingerprint density at radius 1 is 1.19 bits per heavy atom. The summed E-state index contributed by atoms with van der Waals surface area (Å²) in [6.07, 6.45) is 6.21. The third-order valence-corrected chi connectivity index (χ3v) is 3.24. The zero-order valence-corrected chi connectivity index (χ0v) is 10.8. The lowest BCUT2D eigenvalue weighted by molar-refractivity contribution is 0.465. The van der Waals surface area contributed by atoms with Crippen LogP contribution < -0.4 is 5.73 Å². The highest BCUT2D eigenvalue weighted by Gasteiger charge is 2.07. The molecule has 0 saturated carbocycles. The monoisotopic (exact) mass is 239 g/mol. The maximum atomic E-state index is 5.86. The molecular weight excluding hydrogens is 218 g/mol. The average molecular weight is 240 g/mol. The van der Waals surface area contributed by atoms with Crippen molar-refractivity contribution in [3.05, 3.63) is 34.9 Å². The number of nitrogens with two attached hydrogens (primary N) is 1. The Kier molecular flexibility index (Phi) is 6.51. The molecule has 1 nitrogen and oxygen atoms in total. The molecule has 0 bridgehead atoms. The summed E-state index contributed by atoms with van der Waals surface area (Å²) in [6, 6.07) is 8.11. The van der Waals surface area contributed by atoms with Crippen LogP contribution >= 0.6 is 11.6 Å². The van der Waals surface area contributed by atoms with Crippen molar-refractivity contribution < 1.29 is 0 Å². The van der Waals surface area contributed by atoms with Crippen molar-refractivity contribution in [3.8, 4) is 0 Å². The Labute approximate surface area is 104 Å². The second-order valence-electron chi connectivity index (χ2n) is 4.43. The van der Waals surface area contributed by atoms with Gasteiger partial charge in [-0.15, -0.1) is 0 Å². The van der Waals surface area contributed by atoms with Crippen molar-refractivity contribution in [2.75, 3.05) is 6.54 Å². The van der Waals surface area contributed by atoms with E-state index < -0.39 is 0 Å². The van der Waals surface area contributed by atoms with E-state index in [0.717, 1.165) is 18.0 Å². The lowest BCUT2D eigenvalue weighted by atomic mass is 9.94. The fourth-order valence-electron chi connectivity index (χ4n) is 1.94. The van der Waals surface area contributed by atoms with Gasteiger partial charge >= 0.3 is 0 Å². The quantitative estimate of drug-likeness (QED) is 0.715. The molecule has 1 rings (SSSR count). The van der Waals surface area contributed by atoms with Crippen LogP contribution in [0.2, 0.25) is 5.02 Å². The third-order valence-electron chi connectivity index (χ3n) is 2.99. The van der Waals surface area contributed by atoms with E-state index in [1.165, 1.54) is 31.2 Å². The first kappa shape index (κ1) is 13.5. The van der Waals surface area contributed by atoms with Crippen LogP contribution in [-0.4, -0.2) is 6.54 Å². The Morgan fingerprint density at radius 2 is 1.88 bits per heavy atom. The molecular formula is C14H22ClN. The highest BCUT2D eigenvalue weighted by atomic mass is 35.5. The lowest BCUT2D eigenvalue weighted by Crippen LogP contribution is -2.16. The van der Waals surface area contributed by atoms with Gasteiger partial charge in [0.25, 0.3) is 0 Å². The SMILES string of the molecule is CCCCCC(CN)Cc1ccc(Cl)cc1. The van der Waals surface area contributed by atoms with Crippen LogP contribution in [0.5, 0.6) is 0 Å². The van der Waals surface area contributed by atoms with Crippen molar-refractivity contribution in [2.24, 2.45) is 11.7 Å². The predicted molar refractivity (Wildman–Crippen MR) is 71.8 cm³/mol. The van der Waals surface area contributed by atoms with Crippen LogP contribution in [0.4, 0.5) is 0 Å². The van der Waals surface area contributed by atoms with E-state index in [-0.39, 0.29) is 0 Å². The Hall–Kier alpha value is -0.530. The van der Waals surface area contributed by atoms with Crippen molar-refractivity contribution >= 4 is 11.6 Å². The minimum Gasteiger partial charge on any atom is -0.330 e. The smallest absolute Gasteiger partial charge is 0.0406 e. The maximum absolute atomic E-state index is 5.86. The number of benzene rings is 1. The number of rotatable bonds is 7. The minimum absolute atomic E-state index is 0.618. The molecule has 0 radical (unpaired) electrons. The summed E-state index contributed by atoms with van der Waals surface area (Å²) in [6.45, 7) is 3.02. The Bertz CT molecular complexity index is 281. The minimum atomic E-state index is 0.618. The first-order chi connectivity index (χ1) is 7.76. The van der Waals surface area contributed by atoms with Gasteiger partial charge in [-0.25, -0.2) is 0 Å². The molecule has 0 spiro atoms. The molecule has 1 atom stereocenters. The second-order valence-corrected chi connectivity index (χ2v) is 4.86. The van der Waals surface area contributed by atoms with E-state index in [1.807, 2.05) is 12.1 Å². The summed E-state index contributed by atoms with van der Waals surface area (Å²) in [5, 5.41) is 0.805. The van der Waals surface area contributed by atoms with Gasteiger partial charge < -0.3 is 5.73 Å². The van der Waals surface area contributed by atoms with Gasteiger partial charge in [0.2, 0.25) is 0 Å². The second kappa shape index (κ2) is 7.70. The van der Waals surface area contributed by atoms with E-state index in [4.69, 9.17) is 17.3 Å². The summed E-state index contributed by atoms with van der Waals surface area (Å²) in [5.41, 5.74) is 7.15. The van der Waals surface area contributed by atoms with Gasteiger partial charge in [0.1, 0.15) is 0 Å². The molecule has 16 heavy (non-hydrogen) atoms. The van der Waals surface area contributed by atoms with Crippen LogP contribution in [0.1, 0.15) is 38.2 Å². The van der Waals surface area contributed by atoms with E-state index in [0.29, 0.717) is 5.92 Å². The molecule has 0 heterocycles. The summed E-state index contributed by atoms with van der Waals surface area (Å²) < 4.78 is 0. The fraction of sp³-hybridized carbons (Fsp3) is 0.571. The molecule has 0 aliphatic heterocycles. The third kappa shape index (κ3) is 5.00. The van der Waals surface area contributed by atoms with Gasteiger partial charge in [0.05, 0.1) is 0 Å². The summed E-state index contributed by atoms with van der Waals surface area (Å²) in [5.74, 6) is 0.618. The first-order valence-corrected chi connectivity index (χ1v) is 6.58. The zero-order valence-electron chi connectivity index (χ0n) is 10.1. The van der Waals surface area contributed by atoms with E-state index in [2.05, 4.69) is 19.1 Å². The van der Waals surface area contributed by atoms with Crippen molar-refractivity contribution in [3.63, 3.8) is 0 Å². The van der Waals surface area contributed by atoms with Crippen molar-refractivity contribution in [2.45, 2.75) is 39.0 Å². The number of hydrogen-bond donors (Lipinski definition) is 1. The maximum Gasteiger partial charge on any atom is 0.0406 e. The largest absolute Gasteiger partial charge is 0.330 e.